The average Bonchev–Trinajstić information content (AvgIpc) is 3.12. The molecule has 0 saturated heterocycles. The van der Waals surface area contributed by atoms with Crippen LogP contribution in [0.2, 0.25) is 0 Å². The minimum atomic E-state index is -0.329. The van der Waals surface area contributed by atoms with Crippen LogP contribution in [-0.4, -0.2) is 18.7 Å². The molecule has 1 unspecified atom stereocenters. The third kappa shape index (κ3) is 3.43. The van der Waals surface area contributed by atoms with Gasteiger partial charge in [0, 0.05) is 12.1 Å². The molecule has 1 aromatic rings. The van der Waals surface area contributed by atoms with Crippen molar-refractivity contribution in [3.63, 3.8) is 0 Å². The summed E-state index contributed by atoms with van der Waals surface area (Å²) < 4.78 is 18.5. The van der Waals surface area contributed by atoms with E-state index in [0.29, 0.717) is 11.8 Å². The van der Waals surface area contributed by atoms with Gasteiger partial charge in [-0.15, -0.1) is 0 Å². The topological polar surface area (TPSA) is 45.0 Å². The van der Waals surface area contributed by atoms with E-state index in [1.165, 1.54) is 12.1 Å². The van der Waals surface area contributed by atoms with Gasteiger partial charge >= 0.3 is 0 Å². The lowest BCUT2D eigenvalue weighted by Gasteiger charge is -2.13. The summed E-state index contributed by atoms with van der Waals surface area (Å²) in [6.07, 6.45) is 2.24. The van der Waals surface area contributed by atoms with Crippen LogP contribution in [0.3, 0.4) is 0 Å². The van der Waals surface area contributed by atoms with E-state index < -0.39 is 0 Å². The number of ether oxygens (including phenoxy) is 1. The molecule has 0 aliphatic heterocycles. The van der Waals surface area contributed by atoms with Crippen molar-refractivity contribution >= 4 is 0 Å². The van der Waals surface area contributed by atoms with Gasteiger partial charge in [0.1, 0.15) is 24.2 Å². The molecule has 1 atom stereocenters. The molecule has 90 valence electrons. The number of aryl methyl sites for hydroxylation is 1. The molecule has 2 rings (SSSR count). The molecular weight excluding hydrogens is 219 g/mol. The molecule has 1 fully saturated rings. The summed E-state index contributed by atoms with van der Waals surface area (Å²) in [6.45, 7) is 2.10. The highest BCUT2D eigenvalue weighted by atomic mass is 19.1. The van der Waals surface area contributed by atoms with Crippen LogP contribution in [0.1, 0.15) is 18.4 Å². The van der Waals surface area contributed by atoms with Crippen molar-refractivity contribution < 1.29 is 9.13 Å². The van der Waals surface area contributed by atoms with E-state index in [1.54, 1.807) is 6.07 Å². The van der Waals surface area contributed by atoms with Crippen molar-refractivity contribution in [3.8, 4) is 11.8 Å². The number of nitrogens with zero attached hydrogens (tertiary/aromatic N) is 1. The molecule has 0 bridgehead atoms. The minimum Gasteiger partial charge on any atom is -0.490 e. The van der Waals surface area contributed by atoms with Crippen LogP contribution in [0.15, 0.2) is 18.2 Å². The molecule has 17 heavy (non-hydrogen) atoms. The molecule has 0 spiro atoms. The van der Waals surface area contributed by atoms with E-state index in [2.05, 4.69) is 11.4 Å². The summed E-state index contributed by atoms with van der Waals surface area (Å²) >= 11 is 0. The molecule has 0 heterocycles. The zero-order valence-electron chi connectivity index (χ0n) is 9.74. The highest BCUT2D eigenvalue weighted by molar-refractivity contribution is 5.32. The third-order valence-corrected chi connectivity index (χ3v) is 2.73. The Balaban J connectivity index is 1.91. The first-order valence-electron chi connectivity index (χ1n) is 5.73. The molecule has 3 nitrogen and oxygen atoms in total. The second kappa shape index (κ2) is 5.15. The number of halogens is 1. The smallest absolute Gasteiger partial charge is 0.130 e. The molecular formula is C13H15FN2O. The second-order valence-electron chi connectivity index (χ2n) is 4.34. The average molecular weight is 234 g/mol. The Hall–Kier alpha value is -1.60. The third-order valence-electron chi connectivity index (χ3n) is 2.73. The van der Waals surface area contributed by atoms with E-state index in [0.717, 1.165) is 18.4 Å². The maximum atomic E-state index is 13.0. The van der Waals surface area contributed by atoms with E-state index in [4.69, 9.17) is 10.00 Å². The van der Waals surface area contributed by atoms with Gasteiger partial charge in [0.15, 0.2) is 0 Å². The molecule has 0 amide bonds. The zero-order chi connectivity index (χ0) is 12.3. The second-order valence-corrected chi connectivity index (χ2v) is 4.34. The fraction of sp³-hybridized carbons (Fsp3) is 0.462. The van der Waals surface area contributed by atoms with Gasteiger partial charge in [-0.25, -0.2) is 4.39 Å². The maximum Gasteiger partial charge on any atom is 0.130 e. The van der Waals surface area contributed by atoms with Gasteiger partial charge in [0.25, 0.3) is 0 Å². The van der Waals surface area contributed by atoms with Gasteiger partial charge in [-0.05, 0) is 31.4 Å². The van der Waals surface area contributed by atoms with Crippen LogP contribution >= 0.6 is 0 Å². The lowest BCUT2D eigenvalue weighted by atomic mass is 10.2. The van der Waals surface area contributed by atoms with Gasteiger partial charge in [0.05, 0.1) is 6.07 Å². The van der Waals surface area contributed by atoms with Gasteiger partial charge in [-0.2, -0.15) is 5.26 Å². The lowest BCUT2D eigenvalue weighted by Crippen LogP contribution is -2.34. The Bertz CT molecular complexity index is 438. The van der Waals surface area contributed by atoms with Gasteiger partial charge in [0.2, 0.25) is 0 Å². The number of nitrogens with one attached hydrogen (secondary N) is 1. The van der Waals surface area contributed by atoms with E-state index >= 15 is 0 Å². The Kier molecular flexibility index (Phi) is 3.60. The molecule has 1 saturated carbocycles. The summed E-state index contributed by atoms with van der Waals surface area (Å²) in [5, 5.41) is 12.1. The Morgan fingerprint density at radius 2 is 2.35 bits per heavy atom. The predicted molar refractivity (Wildman–Crippen MR) is 62.2 cm³/mol. The molecule has 0 radical (unpaired) electrons. The van der Waals surface area contributed by atoms with Gasteiger partial charge in [-0.1, -0.05) is 6.07 Å². The summed E-state index contributed by atoms with van der Waals surface area (Å²) in [5.41, 5.74) is 0.870. The minimum absolute atomic E-state index is 0.247. The predicted octanol–water partition coefficient (Wildman–Crippen LogP) is 2.16. The van der Waals surface area contributed by atoms with Crippen LogP contribution < -0.4 is 10.1 Å². The summed E-state index contributed by atoms with van der Waals surface area (Å²) in [4.78, 5) is 0. The molecule has 0 aromatic heterocycles. The quantitative estimate of drug-likeness (QED) is 0.849. The maximum absolute atomic E-state index is 13.0. The zero-order valence-corrected chi connectivity index (χ0v) is 9.74. The van der Waals surface area contributed by atoms with Crippen molar-refractivity contribution in [2.75, 3.05) is 6.61 Å². The van der Waals surface area contributed by atoms with E-state index in [9.17, 15) is 4.39 Å². The summed E-state index contributed by atoms with van der Waals surface area (Å²) in [6, 6.07) is 6.69. The monoisotopic (exact) mass is 234 g/mol. The van der Waals surface area contributed by atoms with Crippen molar-refractivity contribution in [2.24, 2.45) is 0 Å². The molecule has 1 aliphatic rings. The summed E-state index contributed by atoms with van der Waals surface area (Å²) in [5.74, 6) is 0.178. The molecule has 4 heteroatoms. The SMILES string of the molecule is Cc1ccc(F)cc1OCC(C#N)NC1CC1. The highest BCUT2D eigenvalue weighted by Crippen LogP contribution is 2.21. The van der Waals surface area contributed by atoms with Crippen molar-refractivity contribution in [1.82, 2.24) is 5.32 Å². The van der Waals surface area contributed by atoms with Crippen LogP contribution in [-0.2, 0) is 0 Å². The molecule has 1 aliphatic carbocycles. The van der Waals surface area contributed by atoms with Crippen LogP contribution in [0, 0.1) is 24.1 Å². The lowest BCUT2D eigenvalue weighted by molar-refractivity contribution is 0.285. The van der Waals surface area contributed by atoms with Crippen LogP contribution in [0.5, 0.6) is 5.75 Å². The van der Waals surface area contributed by atoms with Crippen LogP contribution in [0.25, 0.3) is 0 Å². The first-order chi connectivity index (χ1) is 8.19. The van der Waals surface area contributed by atoms with E-state index in [1.807, 2.05) is 6.92 Å². The number of nitriles is 1. The number of rotatable bonds is 5. The largest absolute Gasteiger partial charge is 0.490 e. The van der Waals surface area contributed by atoms with Crippen molar-refractivity contribution in [3.05, 3.63) is 29.6 Å². The fourth-order valence-electron chi connectivity index (χ4n) is 1.56. The Morgan fingerprint density at radius 1 is 1.59 bits per heavy atom. The number of benzene rings is 1. The highest BCUT2D eigenvalue weighted by Gasteiger charge is 2.24. The molecule has 1 N–H and O–H groups in total. The fourth-order valence-corrected chi connectivity index (χ4v) is 1.56. The van der Waals surface area contributed by atoms with E-state index in [-0.39, 0.29) is 18.5 Å². The molecule has 1 aromatic carbocycles. The van der Waals surface area contributed by atoms with Gasteiger partial charge in [-0.3, -0.25) is 5.32 Å². The standard InChI is InChI=1S/C13H15FN2O/c1-9-2-3-10(14)6-13(9)17-8-12(7-15)16-11-4-5-11/h2-3,6,11-12,16H,4-5,8H2,1H3. The first kappa shape index (κ1) is 11.9. The first-order valence-corrected chi connectivity index (χ1v) is 5.73. The van der Waals surface area contributed by atoms with Crippen LogP contribution in [0.4, 0.5) is 4.39 Å². The number of hydrogen-bond acceptors (Lipinski definition) is 3. The Morgan fingerprint density at radius 3 is 3.00 bits per heavy atom. The summed E-state index contributed by atoms with van der Waals surface area (Å²) in [7, 11) is 0. The van der Waals surface area contributed by atoms with Crippen molar-refractivity contribution in [1.29, 1.82) is 5.26 Å². The van der Waals surface area contributed by atoms with Crippen molar-refractivity contribution in [2.45, 2.75) is 31.8 Å². The number of hydrogen-bond donors (Lipinski definition) is 1. The van der Waals surface area contributed by atoms with Gasteiger partial charge < -0.3 is 4.74 Å². The normalized spacial score (nSPS) is 16.3. The Labute approximate surface area is 100 Å².